The molecule has 3 heterocycles. The van der Waals surface area contributed by atoms with E-state index < -0.39 is 0 Å². The molecule has 51 heavy (non-hydrogen) atoms. The standard InChI is InChI=1S/C48H31N3/c1-3-12-32(13-4-1)33-22-24-35(25-23-33)49(36-27-29-46-43(30-36)39-17-8-9-20-44(39)50(46)34-14-5-2-6-15-34)37-26-28-40-42-19-11-18-41-38-16-7-10-21-45(38)51(48(41)42)47(40)31-37/h1-31H. The first kappa shape index (κ1) is 28.0. The van der Waals surface area contributed by atoms with Crippen molar-refractivity contribution in [2.75, 3.05) is 4.90 Å². The molecule has 8 aromatic carbocycles. The lowest BCUT2D eigenvalue weighted by Gasteiger charge is -2.26. The fraction of sp³-hybridized carbons (Fsp3) is 0. The van der Waals surface area contributed by atoms with E-state index in [0.717, 1.165) is 22.7 Å². The Morgan fingerprint density at radius 1 is 0.314 bits per heavy atom. The van der Waals surface area contributed by atoms with Crippen LogP contribution in [0.15, 0.2) is 188 Å². The van der Waals surface area contributed by atoms with Crippen LogP contribution in [-0.2, 0) is 0 Å². The summed E-state index contributed by atoms with van der Waals surface area (Å²) in [5, 5.41) is 7.62. The Kier molecular flexibility index (Phi) is 5.96. The molecule has 0 saturated carbocycles. The molecule has 3 nitrogen and oxygen atoms in total. The van der Waals surface area contributed by atoms with Gasteiger partial charge in [-0.25, -0.2) is 0 Å². The van der Waals surface area contributed by atoms with Crippen molar-refractivity contribution >= 4 is 77.0 Å². The Hall–Kier alpha value is -6.84. The molecule has 0 aliphatic carbocycles. The first-order valence-electron chi connectivity index (χ1n) is 17.5. The second-order valence-corrected chi connectivity index (χ2v) is 13.4. The van der Waals surface area contributed by atoms with Crippen molar-refractivity contribution in [2.45, 2.75) is 0 Å². The Morgan fingerprint density at radius 2 is 0.843 bits per heavy atom. The van der Waals surface area contributed by atoms with Crippen LogP contribution in [0.1, 0.15) is 0 Å². The smallest absolute Gasteiger partial charge is 0.0620 e. The van der Waals surface area contributed by atoms with Crippen molar-refractivity contribution < 1.29 is 0 Å². The molecule has 0 saturated heterocycles. The van der Waals surface area contributed by atoms with Gasteiger partial charge in [-0.05, 0) is 77.9 Å². The van der Waals surface area contributed by atoms with Crippen LogP contribution < -0.4 is 4.90 Å². The van der Waals surface area contributed by atoms with Crippen LogP contribution >= 0.6 is 0 Å². The zero-order valence-electron chi connectivity index (χ0n) is 27.7. The van der Waals surface area contributed by atoms with Crippen LogP contribution in [0, 0.1) is 0 Å². The minimum atomic E-state index is 1.11. The van der Waals surface area contributed by atoms with E-state index in [1.54, 1.807) is 0 Å². The van der Waals surface area contributed by atoms with Crippen molar-refractivity contribution in [3.63, 3.8) is 0 Å². The molecule has 11 aromatic rings. The molecular formula is C48H31N3. The van der Waals surface area contributed by atoms with Crippen molar-refractivity contribution in [3.05, 3.63) is 188 Å². The predicted molar refractivity (Wildman–Crippen MR) is 216 cm³/mol. The van der Waals surface area contributed by atoms with E-state index in [2.05, 4.69) is 202 Å². The number of hydrogen-bond donors (Lipinski definition) is 0. The zero-order chi connectivity index (χ0) is 33.5. The molecule has 0 bridgehead atoms. The van der Waals surface area contributed by atoms with Gasteiger partial charge in [0.2, 0.25) is 0 Å². The summed E-state index contributed by atoms with van der Waals surface area (Å²) >= 11 is 0. The minimum absolute atomic E-state index is 1.11. The van der Waals surface area contributed by atoms with Gasteiger partial charge in [0.25, 0.3) is 0 Å². The van der Waals surface area contributed by atoms with Crippen molar-refractivity contribution in [1.29, 1.82) is 0 Å². The molecule has 0 atom stereocenters. The van der Waals surface area contributed by atoms with Crippen LogP contribution in [-0.4, -0.2) is 8.97 Å². The van der Waals surface area contributed by atoms with Gasteiger partial charge in [-0.1, -0.05) is 121 Å². The zero-order valence-corrected chi connectivity index (χ0v) is 27.7. The quantitative estimate of drug-likeness (QED) is 0.181. The highest BCUT2D eigenvalue weighted by Crippen LogP contribution is 2.44. The van der Waals surface area contributed by atoms with Gasteiger partial charge < -0.3 is 13.9 Å². The summed E-state index contributed by atoms with van der Waals surface area (Å²) in [4.78, 5) is 2.41. The van der Waals surface area contributed by atoms with E-state index in [1.165, 1.54) is 71.0 Å². The van der Waals surface area contributed by atoms with Gasteiger partial charge in [0.1, 0.15) is 0 Å². The largest absolute Gasteiger partial charge is 0.310 e. The number of benzene rings is 8. The molecule has 0 amide bonds. The lowest BCUT2D eigenvalue weighted by Crippen LogP contribution is -2.10. The van der Waals surface area contributed by atoms with E-state index in [-0.39, 0.29) is 0 Å². The summed E-state index contributed by atoms with van der Waals surface area (Å²) < 4.78 is 4.84. The van der Waals surface area contributed by atoms with Crippen molar-refractivity contribution in [2.24, 2.45) is 0 Å². The maximum Gasteiger partial charge on any atom is 0.0620 e. The van der Waals surface area contributed by atoms with Crippen LogP contribution in [0.4, 0.5) is 17.1 Å². The molecule has 3 heteroatoms. The lowest BCUT2D eigenvalue weighted by atomic mass is 10.0. The second-order valence-electron chi connectivity index (χ2n) is 13.4. The fourth-order valence-electron chi connectivity index (χ4n) is 8.39. The van der Waals surface area contributed by atoms with E-state index in [1.807, 2.05) is 0 Å². The predicted octanol–water partition coefficient (Wildman–Crippen LogP) is 13.1. The van der Waals surface area contributed by atoms with E-state index in [9.17, 15) is 0 Å². The molecule has 3 aromatic heterocycles. The van der Waals surface area contributed by atoms with Crippen LogP contribution in [0.3, 0.4) is 0 Å². The SMILES string of the molecule is c1ccc(-c2ccc(N(c3ccc4c(c3)c3ccccc3n4-c3ccccc3)c3ccc4c5cccc6c7ccccc7n(c4c3)c65)cc2)cc1. The van der Waals surface area contributed by atoms with Gasteiger partial charge in [-0.3, -0.25) is 0 Å². The molecule has 0 fully saturated rings. The Balaban J connectivity index is 1.16. The number of para-hydroxylation sites is 4. The lowest BCUT2D eigenvalue weighted by molar-refractivity contribution is 1.18. The average molecular weight is 650 g/mol. The number of fused-ring (bicyclic) bond motifs is 9. The summed E-state index contributed by atoms with van der Waals surface area (Å²) in [5.41, 5.74) is 13.1. The molecule has 238 valence electrons. The summed E-state index contributed by atoms with van der Waals surface area (Å²) in [7, 11) is 0. The van der Waals surface area contributed by atoms with E-state index in [0.29, 0.717) is 0 Å². The Morgan fingerprint density at radius 3 is 1.61 bits per heavy atom. The number of nitrogens with zero attached hydrogens (tertiary/aromatic N) is 3. The summed E-state index contributed by atoms with van der Waals surface area (Å²) in [5.74, 6) is 0. The highest BCUT2D eigenvalue weighted by Gasteiger charge is 2.21. The molecule has 0 aliphatic heterocycles. The third-order valence-corrected chi connectivity index (χ3v) is 10.6. The van der Waals surface area contributed by atoms with Gasteiger partial charge >= 0.3 is 0 Å². The molecule has 0 radical (unpaired) electrons. The maximum atomic E-state index is 2.46. The van der Waals surface area contributed by atoms with Crippen molar-refractivity contribution in [3.8, 4) is 16.8 Å². The Bertz CT molecular complexity index is 3060. The second kappa shape index (κ2) is 10.8. The van der Waals surface area contributed by atoms with Crippen LogP contribution in [0.25, 0.3) is 76.7 Å². The normalized spacial score (nSPS) is 11.9. The maximum absolute atomic E-state index is 2.46. The molecular weight excluding hydrogens is 619 g/mol. The van der Waals surface area contributed by atoms with Gasteiger partial charge in [0, 0.05) is 55.1 Å². The molecule has 0 N–H and O–H groups in total. The van der Waals surface area contributed by atoms with Gasteiger partial charge in [0.05, 0.1) is 27.6 Å². The topological polar surface area (TPSA) is 12.6 Å². The summed E-state index contributed by atoms with van der Waals surface area (Å²) in [6.45, 7) is 0. The summed E-state index contributed by atoms with van der Waals surface area (Å²) in [6.07, 6.45) is 0. The molecule has 0 aliphatic rings. The van der Waals surface area contributed by atoms with Crippen LogP contribution in [0.2, 0.25) is 0 Å². The molecule has 11 rings (SSSR count). The monoisotopic (exact) mass is 649 g/mol. The Labute approximate surface area is 294 Å². The number of anilines is 3. The third-order valence-electron chi connectivity index (χ3n) is 10.6. The molecule has 0 spiro atoms. The number of aromatic nitrogens is 2. The average Bonchev–Trinajstić information content (AvgIpc) is 3.84. The van der Waals surface area contributed by atoms with Crippen molar-refractivity contribution in [1.82, 2.24) is 8.97 Å². The molecule has 0 unspecified atom stereocenters. The number of hydrogen-bond acceptors (Lipinski definition) is 1. The highest BCUT2D eigenvalue weighted by atomic mass is 15.1. The first-order valence-corrected chi connectivity index (χ1v) is 17.5. The van der Waals surface area contributed by atoms with Gasteiger partial charge in [-0.15, -0.1) is 0 Å². The van der Waals surface area contributed by atoms with E-state index in [4.69, 9.17) is 0 Å². The van der Waals surface area contributed by atoms with Gasteiger partial charge in [0.15, 0.2) is 0 Å². The highest BCUT2D eigenvalue weighted by molar-refractivity contribution is 6.23. The van der Waals surface area contributed by atoms with Gasteiger partial charge in [-0.2, -0.15) is 0 Å². The summed E-state index contributed by atoms with van der Waals surface area (Å²) in [6, 6.07) is 68.4. The van der Waals surface area contributed by atoms with E-state index >= 15 is 0 Å². The van der Waals surface area contributed by atoms with Crippen LogP contribution in [0.5, 0.6) is 0 Å². The fourth-order valence-corrected chi connectivity index (χ4v) is 8.39. The minimum Gasteiger partial charge on any atom is -0.310 e. The first-order chi connectivity index (χ1) is 25.3. The number of rotatable bonds is 5. The third kappa shape index (κ3) is 4.12.